The number of phenols is 2. The quantitative estimate of drug-likeness (QED) is 0.137. The van der Waals surface area contributed by atoms with Crippen LogP contribution in [0.2, 0.25) is 0 Å². The van der Waals surface area contributed by atoms with Crippen LogP contribution in [0.25, 0.3) is 6.08 Å². The van der Waals surface area contributed by atoms with E-state index < -0.39 is 38.7 Å². The summed E-state index contributed by atoms with van der Waals surface area (Å²) in [6, 6.07) is 22.2. The van der Waals surface area contributed by atoms with Gasteiger partial charge in [-0.25, -0.2) is 13.2 Å². The van der Waals surface area contributed by atoms with Crippen LogP contribution in [-0.2, 0) is 21.4 Å². The lowest BCUT2D eigenvalue weighted by atomic mass is 9.84. The molecule has 0 spiro atoms. The number of benzene rings is 3. The van der Waals surface area contributed by atoms with Gasteiger partial charge in [-0.1, -0.05) is 102 Å². The fraction of sp³-hybridized carbons (Fsp3) is 0.378. The number of amides is 1. The van der Waals surface area contributed by atoms with Gasteiger partial charge in [-0.15, -0.1) is 0 Å². The van der Waals surface area contributed by atoms with Crippen LogP contribution in [0.15, 0.2) is 102 Å². The molecule has 4 rings (SSSR count). The number of phenolic OH excluding ortho intramolecular Hbond substituents is 2. The molecule has 0 saturated heterocycles. The minimum absolute atomic E-state index is 0.0205. The van der Waals surface area contributed by atoms with Crippen LogP contribution in [0, 0.1) is 16.7 Å². The van der Waals surface area contributed by atoms with Crippen molar-refractivity contribution in [2.24, 2.45) is 16.7 Å². The summed E-state index contributed by atoms with van der Waals surface area (Å²) in [5.41, 5.74) is 2.13. The van der Waals surface area contributed by atoms with E-state index in [1.807, 2.05) is 101 Å². The van der Waals surface area contributed by atoms with Crippen molar-refractivity contribution in [3.8, 4) is 11.5 Å². The summed E-state index contributed by atoms with van der Waals surface area (Å²) in [6.45, 7) is 14.8. The molecule has 1 atom stereocenters. The Hall–Kier alpha value is -4.28. The van der Waals surface area contributed by atoms with Crippen molar-refractivity contribution in [3.63, 3.8) is 0 Å². The van der Waals surface area contributed by atoms with Crippen LogP contribution in [0.3, 0.4) is 0 Å². The van der Waals surface area contributed by atoms with Gasteiger partial charge in [-0.3, -0.25) is 0 Å². The summed E-state index contributed by atoms with van der Waals surface area (Å²) in [4.78, 5) is 12.9. The SMILES string of the molecule is C=C(N/C(=C\c1ccccc1)C1(CN(CC(C)C)S(=O)(=O)c2ccc(O)c(O)c2)CC1)[C@@H](NC(=O)OCc1ccccc1)C(C)(C)C. The number of aromatic hydroxyl groups is 2. The maximum atomic E-state index is 14.0. The van der Waals surface area contributed by atoms with Crippen LogP contribution in [0.5, 0.6) is 11.5 Å². The van der Waals surface area contributed by atoms with E-state index in [9.17, 15) is 23.4 Å². The number of nitrogens with one attached hydrogen (secondary N) is 2. The van der Waals surface area contributed by atoms with Crippen molar-refractivity contribution in [1.29, 1.82) is 0 Å². The zero-order valence-electron chi connectivity index (χ0n) is 27.9. The zero-order chi connectivity index (χ0) is 34.4. The highest BCUT2D eigenvalue weighted by Crippen LogP contribution is 2.53. The number of hydrogen-bond acceptors (Lipinski definition) is 7. The second-order valence-electron chi connectivity index (χ2n) is 13.7. The molecule has 1 amide bonds. The number of carbonyl (C=O) groups excluding carboxylic acids is 1. The molecule has 3 aromatic carbocycles. The lowest BCUT2D eigenvalue weighted by Crippen LogP contribution is -2.48. The largest absolute Gasteiger partial charge is 0.504 e. The average molecular weight is 662 g/mol. The highest BCUT2D eigenvalue weighted by Gasteiger charge is 2.50. The monoisotopic (exact) mass is 661 g/mol. The zero-order valence-corrected chi connectivity index (χ0v) is 28.7. The Labute approximate surface area is 279 Å². The first-order valence-electron chi connectivity index (χ1n) is 15.8. The Morgan fingerprint density at radius 3 is 2.17 bits per heavy atom. The maximum absolute atomic E-state index is 14.0. The van der Waals surface area contributed by atoms with Gasteiger partial charge < -0.3 is 25.6 Å². The van der Waals surface area contributed by atoms with Crippen molar-refractivity contribution < 1.29 is 28.2 Å². The van der Waals surface area contributed by atoms with Crippen molar-refractivity contribution in [2.45, 2.75) is 65.0 Å². The molecule has 3 aromatic rings. The van der Waals surface area contributed by atoms with Crippen molar-refractivity contribution >= 4 is 22.2 Å². The molecule has 1 aliphatic rings. The Morgan fingerprint density at radius 1 is 1.00 bits per heavy atom. The van der Waals surface area contributed by atoms with Gasteiger partial charge in [0.05, 0.1) is 10.9 Å². The molecule has 252 valence electrons. The summed E-state index contributed by atoms with van der Waals surface area (Å²) < 4.78 is 34.9. The molecule has 0 bridgehead atoms. The predicted octanol–water partition coefficient (Wildman–Crippen LogP) is 7.01. The first-order valence-corrected chi connectivity index (χ1v) is 17.3. The third-order valence-electron chi connectivity index (χ3n) is 8.15. The molecule has 0 unspecified atom stereocenters. The third-order valence-corrected chi connectivity index (χ3v) is 9.96. The molecule has 1 fully saturated rings. The fourth-order valence-electron chi connectivity index (χ4n) is 5.46. The highest BCUT2D eigenvalue weighted by molar-refractivity contribution is 7.89. The Bertz CT molecular complexity index is 1680. The number of ether oxygens (including phenoxy) is 1. The van der Waals surface area contributed by atoms with Gasteiger partial charge >= 0.3 is 6.09 Å². The summed E-state index contributed by atoms with van der Waals surface area (Å²) in [6.07, 6.45) is 2.89. The van der Waals surface area contributed by atoms with E-state index in [2.05, 4.69) is 17.2 Å². The smallest absolute Gasteiger partial charge is 0.408 e. The van der Waals surface area contributed by atoms with Crippen molar-refractivity contribution in [2.75, 3.05) is 13.1 Å². The van der Waals surface area contributed by atoms with Gasteiger partial charge in [-0.05, 0) is 53.5 Å². The Morgan fingerprint density at radius 2 is 1.62 bits per heavy atom. The van der Waals surface area contributed by atoms with Gasteiger partial charge in [0, 0.05) is 36.0 Å². The minimum atomic E-state index is -4.04. The molecule has 47 heavy (non-hydrogen) atoms. The van der Waals surface area contributed by atoms with E-state index in [-0.39, 0.29) is 36.3 Å². The number of hydrogen-bond donors (Lipinski definition) is 4. The van der Waals surface area contributed by atoms with Crippen molar-refractivity contribution in [1.82, 2.24) is 14.9 Å². The Balaban J connectivity index is 1.63. The number of alkyl carbamates (subject to hydrolysis) is 1. The molecule has 4 N–H and O–H groups in total. The fourth-order valence-corrected chi connectivity index (χ4v) is 7.17. The van der Waals surface area contributed by atoms with Crippen LogP contribution >= 0.6 is 0 Å². The van der Waals surface area contributed by atoms with E-state index in [1.165, 1.54) is 16.4 Å². The molecule has 1 saturated carbocycles. The number of sulfonamides is 1. The first kappa shape index (κ1) is 35.6. The van der Waals surface area contributed by atoms with Gasteiger partial charge in [0.25, 0.3) is 0 Å². The van der Waals surface area contributed by atoms with Crippen LogP contribution in [-0.4, -0.2) is 48.2 Å². The Kier molecular flexibility index (Phi) is 11.1. The molecule has 10 heteroatoms. The minimum Gasteiger partial charge on any atom is -0.504 e. The predicted molar refractivity (Wildman–Crippen MR) is 185 cm³/mol. The van der Waals surface area contributed by atoms with E-state index >= 15 is 0 Å². The molecular weight excluding hydrogens is 614 g/mol. The molecule has 0 heterocycles. The molecule has 9 nitrogen and oxygen atoms in total. The summed E-state index contributed by atoms with van der Waals surface area (Å²) in [5.74, 6) is -0.866. The lowest BCUT2D eigenvalue weighted by molar-refractivity contribution is 0.129. The van der Waals surface area contributed by atoms with Gasteiger partial charge in [-0.2, -0.15) is 4.31 Å². The van der Waals surface area contributed by atoms with Crippen LogP contribution < -0.4 is 10.6 Å². The lowest BCUT2D eigenvalue weighted by Gasteiger charge is -2.36. The van der Waals surface area contributed by atoms with Crippen LogP contribution in [0.1, 0.15) is 58.6 Å². The topological polar surface area (TPSA) is 128 Å². The molecular formula is C37H47N3O6S. The second-order valence-corrected chi connectivity index (χ2v) is 15.7. The number of rotatable bonds is 14. The normalized spacial score (nSPS) is 15.3. The van der Waals surface area contributed by atoms with E-state index in [1.54, 1.807) is 0 Å². The van der Waals surface area contributed by atoms with Gasteiger partial charge in [0.2, 0.25) is 10.0 Å². The molecule has 0 radical (unpaired) electrons. The van der Waals surface area contributed by atoms with Gasteiger partial charge in [0.15, 0.2) is 11.5 Å². The molecule has 1 aliphatic carbocycles. The van der Waals surface area contributed by atoms with E-state index in [0.717, 1.165) is 35.7 Å². The number of nitrogens with zero attached hydrogens (tertiary/aromatic N) is 1. The summed E-state index contributed by atoms with van der Waals surface area (Å²) in [5, 5.41) is 26.4. The first-order chi connectivity index (χ1) is 22.1. The van der Waals surface area contributed by atoms with Crippen molar-refractivity contribution in [3.05, 3.63) is 108 Å². The molecule has 0 aromatic heterocycles. The van der Waals surface area contributed by atoms with E-state index in [0.29, 0.717) is 5.70 Å². The third kappa shape index (κ3) is 9.39. The standard InChI is InChI=1S/C37H47N3O6S/c1-26(2)23-40(47(44,45)30-17-18-31(41)32(42)22-30)25-37(19-20-37)33(21-28-13-9-7-10-14-28)38-27(3)34(36(4,5)6)39-35(43)46-24-29-15-11-8-12-16-29/h7-18,21-22,26,34,38,41-42H,3,19-20,23-25H2,1-2,4-6H3,(H,39,43)/b33-21-/t34-/m1/s1. The summed E-state index contributed by atoms with van der Waals surface area (Å²) >= 11 is 0. The summed E-state index contributed by atoms with van der Waals surface area (Å²) in [7, 11) is -4.04. The van der Waals surface area contributed by atoms with Crippen LogP contribution in [0.4, 0.5) is 4.79 Å². The maximum Gasteiger partial charge on any atom is 0.408 e. The van der Waals surface area contributed by atoms with Gasteiger partial charge in [0.1, 0.15) is 6.61 Å². The average Bonchev–Trinajstić information content (AvgIpc) is 3.80. The van der Waals surface area contributed by atoms with E-state index in [4.69, 9.17) is 4.74 Å². The molecule has 0 aliphatic heterocycles. The highest BCUT2D eigenvalue weighted by atomic mass is 32.2. The number of carbonyl (C=O) groups is 1. The second kappa shape index (κ2) is 14.6.